The van der Waals surface area contributed by atoms with Crippen molar-refractivity contribution in [2.75, 3.05) is 19.0 Å². The van der Waals surface area contributed by atoms with Crippen LogP contribution in [0.3, 0.4) is 0 Å². The Morgan fingerprint density at radius 2 is 2.10 bits per heavy atom. The average Bonchev–Trinajstić information content (AvgIpc) is 3.54. The molecule has 2 atom stereocenters. The molecule has 30 heavy (non-hydrogen) atoms. The van der Waals surface area contributed by atoms with Crippen molar-refractivity contribution in [3.05, 3.63) is 64.0 Å². The summed E-state index contributed by atoms with van der Waals surface area (Å²) in [7, 11) is 3.23. The fourth-order valence-electron chi connectivity index (χ4n) is 3.20. The van der Waals surface area contributed by atoms with Crippen LogP contribution in [0.4, 0.5) is 5.69 Å². The molecule has 4 rings (SSSR count). The lowest BCUT2D eigenvalue weighted by Gasteiger charge is -2.10. The summed E-state index contributed by atoms with van der Waals surface area (Å²) in [5.41, 5.74) is 2.81. The van der Waals surface area contributed by atoms with Crippen LogP contribution in [-0.2, 0) is 13.6 Å². The summed E-state index contributed by atoms with van der Waals surface area (Å²) in [6, 6.07) is 9.30. The summed E-state index contributed by atoms with van der Waals surface area (Å²) in [5, 5.41) is 15.4. The molecule has 0 unspecified atom stereocenters. The quantitative estimate of drug-likeness (QED) is 0.604. The molecule has 9 nitrogen and oxygen atoms in total. The number of aryl methyl sites for hydroxylation is 2. The molecule has 0 amide bonds. The normalized spacial score (nSPS) is 17.4. The molecule has 9 heteroatoms. The number of pyridine rings is 1. The largest absolute Gasteiger partial charge is 0.495 e. The van der Waals surface area contributed by atoms with Gasteiger partial charge in [-0.1, -0.05) is 0 Å². The lowest BCUT2D eigenvalue weighted by molar-refractivity contribution is 0.278. The van der Waals surface area contributed by atoms with Crippen molar-refractivity contribution in [1.29, 1.82) is 0 Å². The van der Waals surface area contributed by atoms with Crippen LogP contribution < -0.4 is 20.3 Å². The van der Waals surface area contributed by atoms with Gasteiger partial charge in [0.15, 0.2) is 0 Å². The van der Waals surface area contributed by atoms with E-state index >= 15 is 0 Å². The first-order valence-electron chi connectivity index (χ1n) is 9.77. The van der Waals surface area contributed by atoms with Gasteiger partial charge in [-0.25, -0.2) is 4.68 Å². The molecular formula is C21H24N6O3. The first-order valence-corrected chi connectivity index (χ1v) is 9.77. The molecule has 1 aliphatic carbocycles. The van der Waals surface area contributed by atoms with Crippen LogP contribution >= 0.6 is 0 Å². The van der Waals surface area contributed by atoms with Gasteiger partial charge in [-0.2, -0.15) is 10.2 Å². The number of rotatable bonds is 8. The topological polar surface area (TPSA) is 104 Å². The predicted molar refractivity (Wildman–Crippen MR) is 111 cm³/mol. The molecule has 0 aliphatic heterocycles. The maximum Gasteiger partial charge on any atom is 0.290 e. The minimum atomic E-state index is -0.228. The van der Waals surface area contributed by atoms with Gasteiger partial charge >= 0.3 is 0 Å². The molecule has 1 aliphatic rings. The summed E-state index contributed by atoms with van der Waals surface area (Å²) in [4.78, 5) is 16.8. The predicted octanol–water partition coefficient (Wildman–Crippen LogP) is 2.08. The third-order valence-corrected chi connectivity index (χ3v) is 5.10. The van der Waals surface area contributed by atoms with Gasteiger partial charge in [-0.05, 0) is 37.6 Å². The molecule has 1 N–H and O–H groups in total. The second kappa shape index (κ2) is 8.48. The average molecular weight is 408 g/mol. The highest BCUT2D eigenvalue weighted by Crippen LogP contribution is 2.46. The van der Waals surface area contributed by atoms with Crippen LogP contribution in [0.5, 0.6) is 11.6 Å². The number of ether oxygens (including phenoxy) is 2. The lowest BCUT2D eigenvalue weighted by atomic mass is 10.2. The molecule has 0 saturated heterocycles. The van der Waals surface area contributed by atoms with Crippen molar-refractivity contribution < 1.29 is 9.47 Å². The number of anilines is 1. The molecular weight excluding hydrogens is 384 g/mol. The Morgan fingerprint density at radius 3 is 2.80 bits per heavy atom. The van der Waals surface area contributed by atoms with Gasteiger partial charge in [0.25, 0.3) is 5.56 Å². The Labute approximate surface area is 174 Å². The number of hydrogen-bond donors (Lipinski definition) is 1. The fourth-order valence-corrected chi connectivity index (χ4v) is 3.20. The van der Waals surface area contributed by atoms with Crippen molar-refractivity contribution in [2.24, 2.45) is 13.0 Å². The minimum Gasteiger partial charge on any atom is -0.495 e. The van der Waals surface area contributed by atoms with Gasteiger partial charge in [0.1, 0.15) is 11.4 Å². The fraction of sp³-hybridized carbons (Fsp3) is 0.381. The molecule has 1 saturated carbocycles. The molecule has 0 aromatic carbocycles. The maximum absolute atomic E-state index is 12.4. The number of nitrogens with zero attached hydrogens (tertiary/aromatic N) is 5. The third-order valence-electron chi connectivity index (χ3n) is 5.10. The van der Waals surface area contributed by atoms with Crippen molar-refractivity contribution in [3.8, 4) is 11.6 Å². The van der Waals surface area contributed by atoms with Gasteiger partial charge in [-0.3, -0.25) is 9.78 Å². The van der Waals surface area contributed by atoms with Crippen molar-refractivity contribution >= 4 is 5.69 Å². The van der Waals surface area contributed by atoms with Crippen LogP contribution in [0.15, 0.2) is 41.3 Å². The van der Waals surface area contributed by atoms with Crippen molar-refractivity contribution in [2.45, 2.75) is 25.8 Å². The SMILES string of the molecule is COc1ccc([C@H]2C[C@@H]2COc2cc(NCc3ccc(C)nn3)c(=O)n(C)n2)nc1. The molecule has 156 valence electrons. The Balaban J connectivity index is 1.36. The molecule has 3 aromatic heterocycles. The van der Waals surface area contributed by atoms with E-state index in [-0.39, 0.29) is 5.56 Å². The second-order valence-corrected chi connectivity index (χ2v) is 7.38. The van der Waals surface area contributed by atoms with E-state index < -0.39 is 0 Å². The van der Waals surface area contributed by atoms with Crippen LogP contribution in [0.1, 0.15) is 29.4 Å². The highest BCUT2D eigenvalue weighted by molar-refractivity contribution is 5.43. The molecule has 0 bridgehead atoms. The summed E-state index contributed by atoms with van der Waals surface area (Å²) in [6.45, 7) is 2.79. The molecule has 0 radical (unpaired) electrons. The highest BCUT2D eigenvalue weighted by Gasteiger charge is 2.40. The van der Waals surface area contributed by atoms with Gasteiger partial charge in [-0.15, -0.1) is 5.10 Å². The number of nitrogens with one attached hydrogen (secondary N) is 1. The molecule has 1 fully saturated rings. The van der Waals surface area contributed by atoms with E-state index in [4.69, 9.17) is 9.47 Å². The summed E-state index contributed by atoms with van der Waals surface area (Å²) >= 11 is 0. The van der Waals surface area contributed by atoms with Gasteiger partial charge in [0.2, 0.25) is 5.88 Å². The molecule has 3 heterocycles. The van der Waals surface area contributed by atoms with Crippen LogP contribution in [-0.4, -0.2) is 38.7 Å². The van der Waals surface area contributed by atoms with Crippen molar-refractivity contribution in [1.82, 2.24) is 25.0 Å². The van der Waals surface area contributed by atoms with Gasteiger partial charge < -0.3 is 14.8 Å². The van der Waals surface area contributed by atoms with Gasteiger partial charge in [0.05, 0.1) is 37.8 Å². The van der Waals surface area contributed by atoms with Crippen molar-refractivity contribution in [3.63, 3.8) is 0 Å². The molecule has 3 aromatic rings. The van der Waals surface area contributed by atoms with E-state index in [2.05, 4.69) is 25.6 Å². The number of hydrogen-bond acceptors (Lipinski definition) is 8. The monoisotopic (exact) mass is 408 g/mol. The Hall–Kier alpha value is -3.49. The van der Waals surface area contributed by atoms with E-state index in [1.165, 1.54) is 4.68 Å². The van der Waals surface area contributed by atoms with E-state index in [0.29, 0.717) is 36.6 Å². The third kappa shape index (κ3) is 4.56. The van der Waals surface area contributed by atoms with Crippen LogP contribution in [0.2, 0.25) is 0 Å². The lowest BCUT2D eigenvalue weighted by Crippen LogP contribution is -2.24. The minimum absolute atomic E-state index is 0.228. The summed E-state index contributed by atoms with van der Waals surface area (Å²) < 4.78 is 12.3. The number of methoxy groups -OCH3 is 1. The maximum atomic E-state index is 12.4. The second-order valence-electron chi connectivity index (χ2n) is 7.38. The Bertz CT molecular complexity index is 1070. The van der Waals surface area contributed by atoms with Gasteiger partial charge in [0, 0.05) is 30.6 Å². The van der Waals surface area contributed by atoms with Crippen LogP contribution in [0.25, 0.3) is 0 Å². The van der Waals surface area contributed by atoms with E-state index in [1.54, 1.807) is 26.4 Å². The first-order chi connectivity index (χ1) is 14.5. The zero-order valence-corrected chi connectivity index (χ0v) is 17.2. The highest BCUT2D eigenvalue weighted by atomic mass is 16.5. The molecule has 0 spiro atoms. The van der Waals surface area contributed by atoms with E-state index in [1.807, 2.05) is 31.2 Å². The standard InChI is InChI=1S/C21H24N6O3/c1-13-4-5-15(25-24-13)10-22-19-9-20(26-27(2)21(19)28)30-12-14-8-17(14)18-7-6-16(29-3)11-23-18/h4-7,9,11,14,17,22H,8,10,12H2,1-3H3/t14-,17+/m1/s1. The van der Waals surface area contributed by atoms with E-state index in [0.717, 1.165) is 29.3 Å². The summed E-state index contributed by atoms with van der Waals surface area (Å²) in [6.07, 6.45) is 2.75. The smallest absolute Gasteiger partial charge is 0.290 e. The first kappa shape index (κ1) is 19.8. The Kier molecular flexibility index (Phi) is 5.60. The van der Waals surface area contributed by atoms with E-state index in [9.17, 15) is 4.79 Å². The summed E-state index contributed by atoms with van der Waals surface area (Å²) in [5.74, 6) is 1.91. The number of aromatic nitrogens is 5. The zero-order valence-electron chi connectivity index (χ0n) is 17.2. The zero-order chi connectivity index (χ0) is 21.1. The van der Waals surface area contributed by atoms with Crippen LogP contribution in [0, 0.1) is 12.8 Å². The Morgan fingerprint density at radius 1 is 1.23 bits per heavy atom.